The van der Waals surface area contributed by atoms with Crippen molar-refractivity contribution in [2.75, 3.05) is 0 Å². The Morgan fingerprint density at radius 2 is 1.07 bits per heavy atom. The zero-order valence-corrected chi connectivity index (χ0v) is 24.1. The van der Waals surface area contributed by atoms with Crippen molar-refractivity contribution in [3.05, 3.63) is 117 Å². The van der Waals surface area contributed by atoms with E-state index in [0.717, 1.165) is 66.0 Å². The summed E-state index contributed by atoms with van der Waals surface area (Å²) >= 11 is 3.57. The second-order valence-electron chi connectivity index (χ2n) is 10.5. The highest BCUT2D eigenvalue weighted by Crippen LogP contribution is 2.36. The minimum absolute atomic E-state index is 0.904. The summed E-state index contributed by atoms with van der Waals surface area (Å²) in [6.07, 6.45) is 8.38. The van der Waals surface area contributed by atoms with Gasteiger partial charge < -0.3 is 9.97 Å². The van der Waals surface area contributed by atoms with Crippen molar-refractivity contribution in [2.45, 2.75) is 20.8 Å². The van der Waals surface area contributed by atoms with Crippen LogP contribution in [0.5, 0.6) is 0 Å². The summed E-state index contributed by atoms with van der Waals surface area (Å²) in [5.41, 5.74) is 15.9. The fourth-order valence-corrected chi connectivity index (χ4v) is 6.10. The second kappa shape index (κ2) is 9.61. The lowest BCUT2D eigenvalue weighted by Crippen LogP contribution is -1.93. The average Bonchev–Trinajstić information content (AvgIpc) is 3.72. The summed E-state index contributed by atoms with van der Waals surface area (Å²) in [5.74, 6) is 0. The Labute approximate surface area is 241 Å². The Kier molecular flexibility index (Phi) is 5.90. The smallest absolute Gasteiger partial charge is 0.0737 e. The molecule has 8 bridgehead atoms. The quantitative estimate of drug-likeness (QED) is 0.213. The number of nitrogens with zero attached hydrogens (tertiary/aromatic N) is 2. The van der Waals surface area contributed by atoms with Crippen LogP contribution in [0.2, 0.25) is 0 Å². The third-order valence-corrected chi connectivity index (χ3v) is 7.99. The van der Waals surface area contributed by atoms with E-state index in [9.17, 15) is 0 Å². The van der Waals surface area contributed by atoms with Crippen LogP contribution in [-0.2, 0) is 0 Å². The SMILES string of the molecule is Cc1cc(C)c(-c2c3nc(cc4ccc([nH]4)c(-c4ccc(Br)cc4)c4nc(cc5ccc2[nH]5)C=C4)C=C3)c(C)c1. The molecule has 0 unspecified atom stereocenters. The van der Waals surface area contributed by atoms with Crippen molar-refractivity contribution >= 4 is 62.3 Å². The lowest BCUT2D eigenvalue weighted by Gasteiger charge is -2.13. The summed E-state index contributed by atoms with van der Waals surface area (Å²) in [7, 11) is 0. The maximum absolute atomic E-state index is 5.10. The molecule has 5 aromatic rings. The number of aryl methyl sites for hydroxylation is 3. The number of rotatable bonds is 2. The molecule has 2 aliphatic heterocycles. The van der Waals surface area contributed by atoms with Gasteiger partial charge in [0.2, 0.25) is 0 Å². The maximum Gasteiger partial charge on any atom is 0.0737 e. The summed E-state index contributed by atoms with van der Waals surface area (Å²) in [4.78, 5) is 17.4. The van der Waals surface area contributed by atoms with Gasteiger partial charge in [-0.15, -0.1) is 0 Å². The van der Waals surface area contributed by atoms with Gasteiger partial charge in [0.15, 0.2) is 0 Å². The molecule has 0 aliphatic carbocycles. The van der Waals surface area contributed by atoms with E-state index < -0.39 is 0 Å². The summed E-state index contributed by atoms with van der Waals surface area (Å²) in [5, 5.41) is 0. The summed E-state index contributed by atoms with van der Waals surface area (Å²) in [6, 6.07) is 25.6. The number of fused-ring (bicyclic) bond motifs is 8. The van der Waals surface area contributed by atoms with Gasteiger partial charge in [0.25, 0.3) is 0 Å². The predicted octanol–water partition coefficient (Wildman–Crippen LogP) is 9.68. The molecule has 0 saturated heterocycles. The minimum Gasteiger partial charge on any atom is -0.355 e. The molecule has 0 saturated carbocycles. The molecule has 2 aromatic carbocycles. The third-order valence-electron chi connectivity index (χ3n) is 7.46. The zero-order valence-electron chi connectivity index (χ0n) is 22.5. The average molecular weight is 584 g/mol. The van der Waals surface area contributed by atoms with Crippen LogP contribution in [0, 0.1) is 20.8 Å². The fraction of sp³-hybridized carbons (Fsp3) is 0.0857. The number of hydrogen-bond acceptors (Lipinski definition) is 2. The largest absolute Gasteiger partial charge is 0.355 e. The number of H-pyrrole nitrogens is 2. The van der Waals surface area contributed by atoms with Crippen molar-refractivity contribution in [1.82, 2.24) is 19.9 Å². The summed E-state index contributed by atoms with van der Waals surface area (Å²) in [6.45, 7) is 6.51. The van der Waals surface area contributed by atoms with Gasteiger partial charge in [-0.05, 0) is 116 Å². The first-order valence-corrected chi connectivity index (χ1v) is 14.1. The minimum atomic E-state index is 0.904. The van der Waals surface area contributed by atoms with Gasteiger partial charge in [0.05, 0.1) is 22.8 Å². The first kappa shape index (κ1) is 24.6. The highest BCUT2D eigenvalue weighted by molar-refractivity contribution is 9.10. The van der Waals surface area contributed by atoms with Gasteiger partial charge in [-0.3, -0.25) is 0 Å². The van der Waals surface area contributed by atoms with Gasteiger partial charge in [0.1, 0.15) is 0 Å². The number of aromatic amines is 2. The van der Waals surface area contributed by atoms with Crippen LogP contribution < -0.4 is 0 Å². The molecular formula is C35H27BrN4. The van der Waals surface area contributed by atoms with Gasteiger partial charge in [-0.1, -0.05) is 45.8 Å². The first-order chi connectivity index (χ1) is 19.4. The van der Waals surface area contributed by atoms with Crippen LogP contribution in [0.4, 0.5) is 0 Å². The molecular weight excluding hydrogens is 556 g/mol. The molecule has 2 N–H and O–H groups in total. The molecule has 0 fully saturated rings. The molecule has 0 atom stereocenters. The highest BCUT2D eigenvalue weighted by Gasteiger charge is 2.16. The summed E-state index contributed by atoms with van der Waals surface area (Å²) < 4.78 is 1.04. The standard InChI is InChI=1S/C35H27BrN4/c1-20-16-21(2)33(22(3)17-20)35-31-14-10-27(39-31)18-25-8-12-29(37-25)34(23-4-6-24(36)7-5-23)30-13-9-26(38-30)19-28-11-15-32(35)40-28/h4-19,37,40H,1-3H3. The lowest BCUT2D eigenvalue weighted by atomic mass is 9.92. The van der Waals surface area contributed by atoms with E-state index in [-0.39, 0.29) is 0 Å². The lowest BCUT2D eigenvalue weighted by molar-refractivity contribution is 1.28. The van der Waals surface area contributed by atoms with Crippen LogP contribution in [0.25, 0.3) is 68.6 Å². The Bertz CT molecular complexity index is 2020. The predicted molar refractivity (Wildman–Crippen MR) is 172 cm³/mol. The number of benzene rings is 2. The van der Waals surface area contributed by atoms with E-state index in [0.29, 0.717) is 0 Å². The van der Waals surface area contributed by atoms with E-state index >= 15 is 0 Å². The van der Waals surface area contributed by atoms with Gasteiger partial charge >= 0.3 is 0 Å². The Balaban J connectivity index is 1.57. The van der Waals surface area contributed by atoms with E-state index in [1.807, 2.05) is 0 Å². The maximum atomic E-state index is 5.10. The number of hydrogen-bond donors (Lipinski definition) is 2. The van der Waals surface area contributed by atoms with Crippen LogP contribution in [0.15, 0.2) is 77.3 Å². The number of halogens is 1. The van der Waals surface area contributed by atoms with Crippen LogP contribution in [-0.4, -0.2) is 19.9 Å². The fourth-order valence-electron chi connectivity index (χ4n) is 5.83. The third kappa shape index (κ3) is 4.42. The molecule has 5 heteroatoms. The zero-order chi connectivity index (χ0) is 27.4. The van der Waals surface area contributed by atoms with E-state index in [2.05, 4.69) is 144 Å². The molecule has 0 spiro atoms. The van der Waals surface area contributed by atoms with Crippen molar-refractivity contribution in [1.29, 1.82) is 0 Å². The Morgan fingerprint density at radius 3 is 1.65 bits per heavy atom. The van der Waals surface area contributed by atoms with Crippen molar-refractivity contribution < 1.29 is 0 Å². The topological polar surface area (TPSA) is 57.4 Å². The monoisotopic (exact) mass is 582 g/mol. The van der Waals surface area contributed by atoms with Gasteiger partial charge in [-0.25, -0.2) is 9.97 Å². The molecule has 0 amide bonds. The van der Waals surface area contributed by atoms with E-state index in [1.165, 1.54) is 22.3 Å². The van der Waals surface area contributed by atoms with Crippen molar-refractivity contribution in [2.24, 2.45) is 0 Å². The second-order valence-corrected chi connectivity index (χ2v) is 11.4. The van der Waals surface area contributed by atoms with E-state index in [4.69, 9.17) is 9.97 Å². The van der Waals surface area contributed by atoms with E-state index in [1.54, 1.807) is 0 Å². The number of aromatic nitrogens is 4. The highest BCUT2D eigenvalue weighted by atomic mass is 79.9. The van der Waals surface area contributed by atoms with Crippen molar-refractivity contribution in [3.63, 3.8) is 0 Å². The normalized spacial score (nSPS) is 12.3. The molecule has 4 nitrogen and oxygen atoms in total. The Hall–Kier alpha value is -4.48. The van der Waals surface area contributed by atoms with Crippen LogP contribution in [0.1, 0.15) is 39.5 Å². The molecule has 40 heavy (non-hydrogen) atoms. The van der Waals surface area contributed by atoms with Gasteiger partial charge in [-0.2, -0.15) is 0 Å². The molecule has 7 rings (SSSR count). The van der Waals surface area contributed by atoms with Gasteiger partial charge in [0, 0.05) is 37.7 Å². The molecule has 194 valence electrons. The molecule has 2 aliphatic rings. The van der Waals surface area contributed by atoms with Crippen LogP contribution in [0.3, 0.4) is 0 Å². The Morgan fingerprint density at radius 1 is 0.550 bits per heavy atom. The molecule has 0 radical (unpaired) electrons. The first-order valence-electron chi connectivity index (χ1n) is 13.4. The van der Waals surface area contributed by atoms with Crippen LogP contribution >= 0.6 is 15.9 Å². The van der Waals surface area contributed by atoms with Crippen molar-refractivity contribution in [3.8, 4) is 22.3 Å². The number of nitrogens with one attached hydrogen (secondary N) is 2. The molecule has 5 heterocycles. The molecule has 3 aromatic heterocycles.